The molecule has 2 nitrogen and oxygen atoms in total. The van der Waals surface area contributed by atoms with Crippen molar-refractivity contribution in [2.45, 2.75) is 9.24 Å². The van der Waals surface area contributed by atoms with E-state index in [0.717, 1.165) is 15.9 Å². The van der Waals surface area contributed by atoms with Gasteiger partial charge in [0.2, 0.25) is 0 Å². The van der Waals surface area contributed by atoms with E-state index in [1.54, 1.807) is 23.1 Å². The van der Waals surface area contributed by atoms with Crippen molar-refractivity contribution < 1.29 is 0 Å². The van der Waals surface area contributed by atoms with Crippen molar-refractivity contribution >= 4 is 34.0 Å². The number of hydrogen-bond donors (Lipinski definition) is 0. The maximum atomic E-state index is 9.20. The first-order valence-electron chi connectivity index (χ1n) is 5.38. The second-order valence-electron chi connectivity index (χ2n) is 3.67. The minimum absolute atomic E-state index is 0.680. The lowest BCUT2D eigenvalue weighted by Gasteiger charge is -2.03. The standard InChI is InChI=1S/C14H8N2S2/c15-9-10-8-13(18-14-6-3-7-17-14)16-12-5-2-1-4-11(10)12/h1-8H. The van der Waals surface area contributed by atoms with Gasteiger partial charge in [0.1, 0.15) is 5.03 Å². The molecule has 0 aliphatic heterocycles. The van der Waals surface area contributed by atoms with Gasteiger partial charge in [0.05, 0.1) is 21.4 Å². The number of hydrogen-bond acceptors (Lipinski definition) is 4. The summed E-state index contributed by atoms with van der Waals surface area (Å²) in [6.45, 7) is 0. The molecule has 0 atom stereocenters. The van der Waals surface area contributed by atoms with E-state index in [-0.39, 0.29) is 0 Å². The third-order valence-corrected chi connectivity index (χ3v) is 4.47. The average molecular weight is 268 g/mol. The van der Waals surface area contributed by atoms with Crippen LogP contribution in [-0.4, -0.2) is 4.98 Å². The molecule has 3 aromatic rings. The van der Waals surface area contributed by atoms with Crippen LogP contribution < -0.4 is 0 Å². The molecule has 0 bridgehead atoms. The molecule has 2 aromatic heterocycles. The SMILES string of the molecule is N#Cc1cc(Sc2cccs2)nc2ccccc12. The van der Waals surface area contributed by atoms with E-state index in [1.807, 2.05) is 41.8 Å². The topological polar surface area (TPSA) is 36.7 Å². The summed E-state index contributed by atoms with van der Waals surface area (Å²) >= 11 is 3.27. The summed E-state index contributed by atoms with van der Waals surface area (Å²) in [6.07, 6.45) is 0. The fraction of sp³-hybridized carbons (Fsp3) is 0. The van der Waals surface area contributed by atoms with E-state index >= 15 is 0 Å². The Morgan fingerprint density at radius 3 is 2.83 bits per heavy atom. The molecular weight excluding hydrogens is 260 g/mol. The van der Waals surface area contributed by atoms with Gasteiger partial charge in [0.15, 0.2) is 0 Å². The van der Waals surface area contributed by atoms with Crippen molar-refractivity contribution in [1.29, 1.82) is 5.26 Å². The van der Waals surface area contributed by atoms with Gasteiger partial charge in [-0.25, -0.2) is 4.98 Å². The van der Waals surface area contributed by atoms with Gasteiger partial charge in [0, 0.05) is 5.39 Å². The summed E-state index contributed by atoms with van der Waals surface area (Å²) < 4.78 is 1.18. The number of fused-ring (bicyclic) bond motifs is 1. The zero-order valence-electron chi connectivity index (χ0n) is 9.33. The predicted molar refractivity (Wildman–Crippen MR) is 74.9 cm³/mol. The Bertz CT molecular complexity index is 727. The third-order valence-electron chi connectivity index (χ3n) is 2.51. The zero-order chi connectivity index (χ0) is 12.4. The fourth-order valence-electron chi connectivity index (χ4n) is 1.72. The highest BCUT2D eigenvalue weighted by atomic mass is 32.2. The van der Waals surface area contributed by atoms with E-state index in [0.29, 0.717) is 5.56 Å². The first-order chi connectivity index (χ1) is 8.86. The normalized spacial score (nSPS) is 10.4. The summed E-state index contributed by atoms with van der Waals surface area (Å²) in [5.74, 6) is 0. The maximum absolute atomic E-state index is 9.20. The van der Waals surface area contributed by atoms with Crippen LogP contribution in [0.2, 0.25) is 0 Å². The molecule has 3 rings (SSSR count). The molecular formula is C14H8N2S2. The largest absolute Gasteiger partial charge is 0.241 e. The van der Waals surface area contributed by atoms with Crippen LogP contribution in [0.25, 0.3) is 10.9 Å². The van der Waals surface area contributed by atoms with Crippen molar-refractivity contribution in [2.24, 2.45) is 0 Å². The molecule has 0 saturated heterocycles. The number of para-hydroxylation sites is 1. The van der Waals surface area contributed by atoms with Gasteiger partial charge in [-0.1, -0.05) is 36.0 Å². The van der Waals surface area contributed by atoms with E-state index < -0.39 is 0 Å². The van der Waals surface area contributed by atoms with Gasteiger partial charge in [0.25, 0.3) is 0 Å². The summed E-state index contributed by atoms with van der Waals surface area (Å²) in [4.78, 5) is 4.58. The predicted octanol–water partition coefficient (Wildman–Crippen LogP) is 4.32. The molecule has 0 spiro atoms. The van der Waals surface area contributed by atoms with Crippen LogP contribution in [-0.2, 0) is 0 Å². The minimum atomic E-state index is 0.680. The molecule has 86 valence electrons. The van der Waals surface area contributed by atoms with Crippen LogP contribution in [0, 0.1) is 11.3 Å². The first kappa shape index (κ1) is 11.3. The smallest absolute Gasteiger partial charge is 0.104 e. The summed E-state index contributed by atoms with van der Waals surface area (Å²) in [5, 5.41) is 13.0. The van der Waals surface area contributed by atoms with Gasteiger partial charge >= 0.3 is 0 Å². The lowest BCUT2D eigenvalue weighted by molar-refractivity contribution is 1.18. The van der Waals surface area contributed by atoms with Gasteiger partial charge < -0.3 is 0 Å². The number of pyridine rings is 1. The van der Waals surface area contributed by atoms with Crippen LogP contribution in [0.3, 0.4) is 0 Å². The van der Waals surface area contributed by atoms with Crippen LogP contribution in [0.15, 0.2) is 57.1 Å². The van der Waals surface area contributed by atoms with Crippen molar-refractivity contribution in [3.8, 4) is 6.07 Å². The highest BCUT2D eigenvalue weighted by Gasteiger charge is 2.06. The van der Waals surface area contributed by atoms with Crippen LogP contribution in [0.1, 0.15) is 5.56 Å². The third kappa shape index (κ3) is 2.10. The Kier molecular flexibility index (Phi) is 3.01. The monoisotopic (exact) mass is 268 g/mol. The molecule has 0 N–H and O–H groups in total. The van der Waals surface area contributed by atoms with Crippen LogP contribution in [0.5, 0.6) is 0 Å². The Labute approximate surface area is 113 Å². The van der Waals surface area contributed by atoms with Gasteiger partial charge in [-0.3, -0.25) is 0 Å². The summed E-state index contributed by atoms with van der Waals surface area (Å²) in [5.41, 5.74) is 1.55. The molecule has 1 aromatic carbocycles. The van der Waals surface area contributed by atoms with E-state index in [9.17, 15) is 5.26 Å². The van der Waals surface area contributed by atoms with Crippen LogP contribution in [0.4, 0.5) is 0 Å². The molecule has 18 heavy (non-hydrogen) atoms. The van der Waals surface area contributed by atoms with Crippen molar-refractivity contribution in [2.75, 3.05) is 0 Å². The lowest BCUT2D eigenvalue weighted by Crippen LogP contribution is -1.86. The second kappa shape index (κ2) is 4.81. The number of benzene rings is 1. The molecule has 4 heteroatoms. The van der Waals surface area contributed by atoms with Crippen molar-refractivity contribution in [3.63, 3.8) is 0 Å². The molecule has 0 aliphatic carbocycles. The van der Waals surface area contributed by atoms with E-state index in [4.69, 9.17) is 0 Å². The quantitative estimate of drug-likeness (QED) is 0.694. The number of nitrogens with zero attached hydrogens (tertiary/aromatic N) is 2. The van der Waals surface area contributed by atoms with Crippen LogP contribution >= 0.6 is 23.1 Å². The highest BCUT2D eigenvalue weighted by molar-refractivity contribution is 8.01. The first-order valence-corrected chi connectivity index (χ1v) is 7.08. The van der Waals surface area contributed by atoms with Gasteiger partial charge in [-0.05, 0) is 23.6 Å². The zero-order valence-corrected chi connectivity index (χ0v) is 11.0. The number of rotatable bonds is 2. The Morgan fingerprint density at radius 2 is 2.06 bits per heavy atom. The molecule has 0 radical (unpaired) electrons. The number of nitriles is 1. The average Bonchev–Trinajstić information content (AvgIpc) is 2.90. The second-order valence-corrected chi connectivity index (χ2v) is 5.94. The molecule has 0 fully saturated rings. The lowest BCUT2D eigenvalue weighted by atomic mass is 10.1. The summed E-state index contributed by atoms with van der Waals surface area (Å²) in [6, 6.07) is 15.9. The maximum Gasteiger partial charge on any atom is 0.104 e. The Hall–Kier alpha value is -1.83. The molecule has 0 saturated carbocycles. The fourth-order valence-corrected chi connectivity index (χ4v) is 3.46. The molecule has 2 heterocycles. The minimum Gasteiger partial charge on any atom is -0.241 e. The van der Waals surface area contributed by atoms with Gasteiger partial charge in [-0.2, -0.15) is 5.26 Å². The highest BCUT2D eigenvalue weighted by Crippen LogP contribution is 2.32. The van der Waals surface area contributed by atoms with Gasteiger partial charge in [-0.15, -0.1) is 11.3 Å². The Morgan fingerprint density at radius 1 is 1.17 bits per heavy atom. The van der Waals surface area contributed by atoms with E-state index in [2.05, 4.69) is 17.1 Å². The van der Waals surface area contributed by atoms with E-state index in [1.165, 1.54) is 4.21 Å². The van der Waals surface area contributed by atoms with Crippen molar-refractivity contribution in [3.05, 3.63) is 53.4 Å². The number of thiophene rings is 1. The summed E-state index contributed by atoms with van der Waals surface area (Å²) in [7, 11) is 0. The van der Waals surface area contributed by atoms with Crippen molar-refractivity contribution in [1.82, 2.24) is 4.98 Å². The molecule has 0 aliphatic rings. The molecule has 0 unspecified atom stereocenters. The molecule has 0 amide bonds. The Balaban J connectivity index is 2.11. The number of aromatic nitrogens is 1.